The second kappa shape index (κ2) is 8.03. The minimum Gasteiger partial charge on any atom is -0.314 e. The van der Waals surface area contributed by atoms with Gasteiger partial charge < -0.3 is 5.32 Å². The van der Waals surface area contributed by atoms with E-state index in [1.54, 1.807) is 0 Å². The van der Waals surface area contributed by atoms with Crippen LogP contribution in [0.5, 0.6) is 0 Å². The summed E-state index contributed by atoms with van der Waals surface area (Å²) in [6.07, 6.45) is 1.55. The zero-order chi connectivity index (χ0) is 12.6. The summed E-state index contributed by atoms with van der Waals surface area (Å²) in [6, 6.07) is 0.456. The molecule has 0 amide bonds. The Morgan fingerprint density at radius 3 is 2.19 bits per heavy atom. The molecule has 16 heavy (non-hydrogen) atoms. The fourth-order valence-corrected chi connectivity index (χ4v) is 2.55. The van der Waals surface area contributed by atoms with Crippen molar-refractivity contribution in [2.75, 3.05) is 18.8 Å². The van der Waals surface area contributed by atoms with Gasteiger partial charge in [0.05, 0.1) is 5.75 Å². The predicted molar refractivity (Wildman–Crippen MR) is 69.0 cm³/mol. The fraction of sp³-hybridized carbons (Fsp3) is 1.00. The fourth-order valence-electron chi connectivity index (χ4n) is 1.17. The first kappa shape index (κ1) is 15.9. The Morgan fingerprint density at radius 2 is 1.69 bits per heavy atom. The van der Waals surface area contributed by atoms with Crippen molar-refractivity contribution >= 4 is 10.0 Å². The third kappa shape index (κ3) is 10.4. The van der Waals surface area contributed by atoms with Crippen molar-refractivity contribution in [3.8, 4) is 0 Å². The van der Waals surface area contributed by atoms with Gasteiger partial charge in [0, 0.05) is 12.6 Å². The molecule has 0 fully saturated rings. The molecule has 0 saturated carbocycles. The summed E-state index contributed by atoms with van der Waals surface area (Å²) in [5.74, 6) is 0.668. The summed E-state index contributed by atoms with van der Waals surface area (Å²) < 4.78 is 25.6. The summed E-state index contributed by atoms with van der Waals surface area (Å²) in [6.45, 7) is 9.59. The highest BCUT2D eigenvalue weighted by molar-refractivity contribution is 7.89. The molecular weight excluding hydrogens is 224 g/mol. The van der Waals surface area contributed by atoms with Crippen molar-refractivity contribution in [3.05, 3.63) is 0 Å². The highest BCUT2D eigenvalue weighted by Gasteiger charge is 2.09. The van der Waals surface area contributed by atoms with E-state index >= 15 is 0 Å². The Morgan fingerprint density at radius 1 is 1.06 bits per heavy atom. The molecule has 0 rings (SSSR count). The number of rotatable bonds is 9. The molecule has 0 aliphatic rings. The van der Waals surface area contributed by atoms with Crippen LogP contribution in [0.15, 0.2) is 0 Å². The van der Waals surface area contributed by atoms with E-state index < -0.39 is 10.0 Å². The Kier molecular flexibility index (Phi) is 7.97. The molecule has 0 aromatic carbocycles. The molecular formula is C11H26N2O2S. The summed E-state index contributed by atoms with van der Waals surface area (Å²) in [5, 5.41) is 3.25. The lowest BCUT2D eigenvalue weighted by Crippen LogP contribution is -2.31. The van der Waals surface area contributed by atoms with Crippen LogP contribution in [0.2, 0.25) is 0 Å². The van der Waals surface area contributed by atoms with Gasteiger partial charge in [0.1, 0.15) is 0 Å². The Hall–Kier alpha value is -0.130. The second-order valence-corrected chi connectivity index (χ2v) is 6.78. The van der Waals surface area contributed by atoms with Crippen molar-refractivity contribution in [1.29, 1.82) is 0 Å². The molecule has 0 heterocycles. The molecule has 0 aromatic heterocycles. The predicted octanol–water partition coefficient (Wildman–Crippen LogP) is 1.34. The lowest BCUT2D eigenvalue weighted by molar-refractivity contribution is 0.546. The van der Waals surface area contributed by atoms with Crippen LogP contribution in [0.1, 0.15) is 40.5 Å². The van der Waals surface area contributed by atoms with Crippen molar-refractivity contribution in [2.24, 2.45) is 5.92 Å². The number of hydrogen-bond donors (Lipinski definition) is 2. The van der Waals surface area contributed by atoms with Gasteiger partial charge in [-0.25, -0.2) is 13.1 Å². The molecule has 0 spiro atoms. The van der Waals surface area contributed by atoms with E-state index in [2.05, 4.69) is 23.9 Å². The van der Waals surface area contributed by atoms with E-state index in [1.165, 1.54) is 0 Å². The molecule has 4 nitrogen and oxygen atoms in total. The van der Waals surface area contributed by atoms with Gasteiger partial charge in [0.15, 0.2) is 0 Å². The van der Waals surface area contributed by atoms with E-state index in [0.717, 1.165) is 19.4 Å². The zero-order valence-electron chi connectivity index (χ0n) is 10.9. The van der Waals surface area contributed by atoms with Gasteiger partial charge in [-0.3, -0.25) is 0 Å². The molecule has 2 N–H and O–H groups in total. The van der Waals surface area contributed by atoms with Gasteiger partial charge in [-0.1, -0.05) is 27.7 Å². The number of hydrogen-bond acceptors (Lipinski definition) is 3. The first-order valence-electron chi connectivity index (χ1n) is 6.04. The van der Waals surface area contributed by atoms with Gasteiger partial charge in [0.25, 0.3) is 0 Å². The summed E-state index contributed by atoms with van der Waals surface area (Å²) in [4.78, 5) is 0. The smallest absolute Gasteiger partial charge is 0.211 e. The molecule has 0 saturated heterocycles. The first-order valence-corrected chi connectivity index (χ1v) is 7.69. The van der Waals surface area contributed by atoms with Gasteiger partial charge in [0.2, 0.25) is 10.0 Å². The van der Waals surface area contributed by atoms with E-state index in [9.17, 15) is 8.42 Å². The van der Waals surface area contributed by atoms with Crippen LogP contribution in [0.3, 0.4) is 0 Å². The molecule has 0 aliphatic heterocycles. The molecule has 0 bridgehead atoms. The highest BCUT2D eigenvalue weighted by atomic mass is 32.2. The van der Waals surface area contributed by atoms with E-state index in [-0.39, 0.29) is 5.75 Å². The third-order valence-electron chi connectivity index (χ3n) is 2.19. The van der Waals surface area contributed by atoms with E-state index in [4.69, 9.17) is 0 Å². The minimum atomic E-state index is -3.06. The summed E-state index contributed by atoms with van der Waals surface area (Å²) >= 11 is 0. The van der Waals surface area contributed by atoms with E-state index in [0.29, 0.717) is 18.5 Å². The van der Waals surface area contributed by atoms with Crippen molar-refractivity contribution in [2.45, 2.75) is 46.6 Å². The maximum atomic E-state index is 11.5. The Labute approximate surface area is 100 Å². The van der Waals surface area contributed by atoms with Gasteiger partial charge in [-0.2, -0.15) is 0 Å². The van der Waals surface area contributed by atoms with Crippen LogP contribution < -0.4 is 10.0 Å². The van der Waals surface area contributed by atoms with Crippen molar-refractivity contribution < 1.29 is 8.42 Å². The highest BCUT2D eigenvalue weighted by Crippen LogP contribution is 2.01. The van der Waals surface area contributed by atoms with Crippen LogP contribution in [0, 0.1) is 5.92 Å². The number of sulfonamides is 1. The van der Waals surface area contributed by atoms with Crippen LogP contribution in [0.4, 0.5) is 0 Å². The number of nitrogens with one attached hydrogen (secondary N) is 2. The topological polar surface area (TPSA) is 58.2 Å². The van der Waals surface area contributed by atoms with Crippen molar-refractivity contribution in [1.82, 2.24) is 10.0 Å². The zero-order valence-corrected chi connectivity index (χ0v) is 11.7. The molecule has 0 aromatic rings. The average Bonchev–Trinajstić information content (AvgIpc) is 2.14. The monoisotopic (exact) mass is 250 g/mol. The van der Waals surface area contributed by atoms with Crippen LogP contribution in [-0.4, -0.2) is 33.3 Å². The standard InChI is InChI=1S/C11H26N2O2S/c1-10(2)6-9-16(14,15)13-8-5-7-12-11(3)4/h10-13H,5-9H2,1-4H3. The lowest BCUT2D eigenvalue weighted by atomic mass is 10.2. The average molecular weight is 250 g/mol. The van der Waals surface area contributed by atoms with Gasteiger partial charge >= 0.3 is 0 Å². The van der Waals surface area contributed by atoms with Crippen molar-refractivity contribution in [3.63, 3.8) is 0 Å². The molecule has 0 radical (unpaired) electrons. The SMILES string of the molecule is CC(C)CCS(=O)(=O)NCCCNC(C)C. The van der Waals surface area contributed by atoms with Crippen LogP contribution >= 0.6 is 0 Å². The van der Waals surface area contributed by atoms with Gasteiger partial charge in [-0.05, 0) is 25.3 Å². The lowest BCUT2D eigenvalue weighted by Gasteiger charge is -2.10. The molecule has 0 aliphatic carbocycles. The molecule has 0 atom stereocenters. The second-order valence-electron chi connectivity index (χ2n) is 4.86. The van der Waals surface area contributed by atoms with Crippen LogP contribution in [-0.2, 0) is 10.0 Å². The molecule has 98 valence electrons. The first-order chi connectivity index (χ1) is 7.33. The van der Waals surface area contributed by atoms with Gasteiger partial charge in [-0.15, -0.1) is 0 Å². The van der Waals surface area contributed by atoms with Crippen LogP contribution in [0.25, 0.3) is 0 Å². The maximum Gasteiger partial charge on any atom is 0.211 e. The maximum absolute atomic E-state index is 11.5. The minimum absolute atomic E-state index is 0.238. The third-order valence-corrected chi connectivity index (χ3v) is 3.61. The summed E-state index contributed by atoms with van der Waals surface area (Å²) in [7, 11) is -3.06. The quantitative estimate of drug-likeness (QED) is 0.607. The molecule has 0 unspecified atom stereocenters. The Balaban J connectivity index is 3.59. The van der Waals surface area contributed by atoms with E-state index in [1.807, 2.05) is 13.8 Å². The molecule has 5 heteroatoms. The largest absolute Gasteiger partial charge is 0.314 e. The Bertz CT molecular complexity index is 261. The normalized spacial score (nSPS) is 12.6. The summed E-state index contributed by atoms with van der Waals surface area (Å²) in [5.41, 5.74) is 0.